The van der Waals surface area contributed by atoms with Crippen LogP contribution in [0.25, 0.3) is 0 Å². The van der Waals surface area contributed by atoms with E-state index in [1.54, 1.807) is 18.2 Å². The molecule has 1 heterocycles. The number of nitrogens with one attached hydrogen (secondary N) is 1. The van der Waals surface area contributed by atoms with E-state index in [-0.39, 0.29) is 11.7 Å². The van der Waals surface area contributed by atoms with Crippen molar-refractivity contribution >= 4 is 17.4 Å². The van der Waals surface area contributed by atoms with Gasteiger partial charge in [0.05, 0.1) is 12.2 Å². The predicted octanol–water partition coefficient (Wildman–Crippen LogP) is 3.66. The second-order valence-corrected chi connectivity index (χ2v) is 6.19. The van der Waals surface area contributed by atoms with Gasteiger partial charge in [-0.3, -0.25) is 14.5 Å². The molecular formula is C20H22N2O2. The highest BCUT2D eigenvalue weighted by molar-refractivity contribution is 6.04. The van der Waals surface area contributed by atoms with E-state index in [1.165, 1.54) is 12.5 Å². The lowest BCUT2D eigenvalue weighted by atomic mass is 10.0. The van der Waals surface area contributed by atoms with E-state index in [0.29, 0.717) is 23.8 Å². The van der Waals surface area contributed by atoms with E-state index in [0.717, 1.165) is 19.4 Å². The largest absolute Gasteiger partial charge is 0.324 e. The van der Waals surface area contributed by atoms with Crippen LogP contribution in [0.2, 0.25) is 0 Å². The van der Waals surface area contributed by atoms with E-state index in [2.05, 4.69) is 22.3 Å². The minimum atomic E-state index is -0.0773. The Morgan fingerprint density at radius 2 is 1.79 bits per heavy atom. The van der Waals surface area contributed by atoms with Gasteiger partial charge in [-0.25, -0.2) is 0 Å². The number of carbonyl (C=O) groups is 2. The first-order valence-electron chi connectivity index (χ1n) is 8.34. The van der Waals surface area contributed by atoms with Gasteiger partial charge in [-0.1, -0.05) is 42.5 Å². The maximum absolute atomic E-state index is 12.5. The highest BCUT2D eigenvalue weighted by Gasteiger charge is 2.27. The lowest BCUT2D eigenvalue weighted by Gasteiger charge is -2.24. The first kappa shape index (κ1) is 16.4. The first-order valence-corrected chi connectivity index (χ1v) is 8.34. The van der Waals surface area contributed by atoms with Crippen molar-refractivity contribution in [3.63, 3.8) is 0 Å². The van der Waals surface area contributed by atoms with Gasteiger partial charge in [-0.15, -0.1) is 0 Å². The van der Waals surface area contributed by atoms with Gasteiger partial charge in [0.25, 0.3) is 0 Å². The van der Waals surface area contributed by atoms with Crippen LogP contribution in [-0.4, -0.2) is 29.7 Å². The molecule has 1 atom stereocenters. The monoisotopic (exact) mass is 322 g/mol. The molecule has 1 N–H and O–H groups in total. The second-order valence-electron chi connectivity index (χ2n) is 6.19. The zero-order chi connectivity index (χ0) is 16.9. The molecule has 1 fully saturated rings. The van der Waals surface area contributed by atoms with Gasteiger partial charge in [-0.05, 0) is 44.0 Å². The lowest BCUT2D eigenvalue weighted by molar-refractivity contribution is -0.117. The van der Waals surface area contributed by atoms with Crippen LogP contribution < -0.4 is 5.32 Å². The number of amides is 1. The number of ketones is 1. The molecule has 0 saturated carbocycles. The third-order valence-electron chi connectivity index (χ3n) is 4.48. The Balaban J connectivity index is 1.68. The predicted molar refractivity (Wildman–Crippen MR) is 95.1 cm³/mol. The molecule has 0 spiro atoms. The molecule has 1 aliphatic rings. The number of anilines is 1. The molecule has 0 radical (unpaired) electrons. The number of hydrogen-bond acceptors (Lipinski definition) is 3. The maximum Gasteiger partial charge on any atom is 0.238 e. The molecule has 24 heavy (non-hydrogen) atoms. The van der Waals surface area contributed by atoms with Gasteiger partial charge in [0, 0.05) is 11.6 Å². The molecule has 2 aromatic rings. The second kappa shape index (κ2) is 7.41. The standard InChI is InChI=1S/C20H22N2O2/c1-15(23)17-10-5-6-11-18(17)21-20(24)14-22-13-7-12-19(22)16-8-3-2-4-9-16/h2-6,8-11,19H,7,12-14H2,1H3,(H,21,24)/t19-/m1/s1. The summed E-state index contributed by atoms with van der Waals surface area (Å²) in [6.45, 7) is 2.77. The molecule has 124 valence electrons. The Kier molecular flexibility index (Phi) is 5.06. The van der Waals surface area contributed by atoms with Crippen LogP contribution >= 0.6 is 0 Å². The lowest BCUT2D eigenvalue weighted by Crippen LogP contribution is -2.33. The van der Waals surface area contributed by atoms with Crippen LogP contribution in [0.3, 0.4) is 0 Å². The van der Waals surface area contributed by atoms with Crippen molar-refractivity contribution in [2.75, 3.05) is 18.4 Å². The molecule has 4 nitrogen and oxygen atoms in total. The van der Waals surface area contributed by atoms with Crippen molar-refractivity contribution in [1.82, 2.24) is 4.90 Å². The van der Waals surface area contributed by atoms with Crippen LogP contribution in [0.4, 0.5) is 5.69 Å². The van der Waals surface area contributed by atoms with Gasteiger partial charge in [-0.2, -0.15) is 0 Å². The highest BCUT2D eigenvalue weighted by atomic mass is 16.2. The Bertz CT molecular complexity index is 727. The van der Waals surface area contributed by atoms with Crippen molar-refractivity contribution in [2.45, 2.75) is 25.8 Å². The van der Waals surface area contributed by atoms with Crippen molar-refractivity contribution in [3.8, 4) is 0 Å². The van der Waals surface area contributed by atoms with E-state index >= 15 is 0 Å². The molecule has 0 aromatic heterocycles. The third kappa shape index (κ3) is 3.71. The molecular weight excluding hydrogens is 300 g/mol. The molecule has 0 bridgehead atoms. The quantitative estimate of drug-likeness (QED) is 0.855. The fourth-order valence-corrected chi connectivity index (χ4v) is 3.34. The van der Waals surface area contributed by atoms with Crippen LogP contribution in [0.1, 0.15) is 41.7 Å². The number of para-hydroxylation sites is 1. The summed E-state index contributed by atoms with van der Waals surface area (Å²) in [5.41, 5.74) is 2.39. The molecule has 4 heteroatoms. The number of Topliss-reactive ketones (excluding diaryl/α,β-unsaturated/α-hetero) is 1. The molecule has 2 aromatic carbocycles. The number of rotatable bonds is 5. The molecule has 1 aliphatic heterocycles. The minimum Gasteiger partial charge on any atom is -0.324 e. The molecule has 1 saturated heterocycles. The number of hydrogen-bond donors (Lipinski definition) is 1. The smallest absolute Gasteiger partial charge is 0.238 e. The average molecular weight is 322 g/mol. The van der Waals surface area contributed by atoms with Crippen molar-refractivity contribution in [1.29, 1.82) is 0 Å². The fraction of sp³-hybridized carbons (Fsp3) is 0.300. The number of benzene rings is 2. The Labute approximate surface area is 142 Å². The average Bonchev–Trinajstić information content (AvgIpc) is 3.04. The maximum atomic E-state index is 12.5. The van der Waals surface area contributed by atoms with Gasteiger partial charge < -0.3 is 5.32 Å². The van der Waals surface area contributed by atoms with Crippen molar-refractivity contribution in [2.24, 2.45) is 0 Å². The number of carbonyl (C=O) groups excluding carboxylic acids is 2. The van der Waals surface area contributed by atoms with Crippen LogP contribution in [0, 0.1) is 0 Å². The minimum absolute atomic E-state index is 0.0470. The fourth-order valence-electron chi connectivity index (χ4n) is 3.34. The zero-order valence-electron chi connectivity index (χ0n) is 13.9. The Morgan fingerprint density at radius 3 is 2.54 bits per heavy atom. The van der Waals surface area contributed by atoms with E-state index in [1.807, 2.05) is 24.3 Å². The van der Waals surface area contributed by atoms with Crippen molar-refractivity contribution < 1.29 is 9.59 Å². The summed E-state index contributed by atoms with van der Waals surface area (Å²) in [7, 11) is 0. The summed E-state index contributed by atoms with van der Waals surface area (Å²) in [5.74, 6) is -0.124. The van der Waals surface area contributed by atoms with Gasteiger partial charge in [0.1, 0.15) is 0 Å². The molecule has 0 aliphatic carbocycles. The molecule has 0 unspecified atom stereocenters. The van der Waals surface area contributed by atoms with Gasteiger partial charge in [0.2, 0.25) is 5.91 Å². The molecule has 3 rings (SSSR count). The summed E-state index contributed by atoms with van der Waals surface area (Å²) in [6.07, 6.45) is 2.16. The van der Waals surface area contributed by atoms with Crippen LogP contribution in [-0.2, 0) is 4.79 Å². The zero-order valence-corrected chi connectivity index (χ0v) is 13.9. The van der Waals surface area contributed by atoms with Gasteiger partial charge in [0.15, 0.2) is 5.78 Å². The summed E-state index contributed by atoms with van der Waals surface area (Å²) in [5, 5.41) is 2.89. The number of likely N-dealkylation sites (tertiary alicyclic amines) is 1. The SMILES string of the molecule is CC(=O)c1ccccc1NC(=O)CN1CCC[C@@H]1c1ccccc1. The van der Waals surface area contributed by atoms with Crippen LogP contribution in [0.5, 0.6) is 0 Å². The molecule has 1 amide bonds. The first-order chi connectivity index (χ1) is 11.6. The van der Waals surface area contributed by atoms with E-state index < -0.39 is 0 Å². The summed E-state index contributed by atoms with van der Waals surface area (Å²) in [4.78, 5) is 26.3. The van der Waals surface area contributed by atoms with Gasteiger partial charge >= 0.3 is 0 Å². The van der Waals surface area contributed by atoms with Crippen molar-refractivity contribution in [3.05, 3.63) is 65.7 Å². The summed E-state index contributed by atoms with van der Waals surface area (Å²) >= 11 is 0. The summed E-state index contributed by atoms with van der Waals surface area (Å²) in [6, 6.07) is 17.7. The third-order valence-corrected chi connectivity index (χ3v) is 4.48. The van der Waals surface area contributed by atoms with E-state index in [9.17, 15) is 9.59 Å². The normalized spacial score (nSPS) is 17.6. The topological polar surface area (TPSA) is 49.4 Å². The number of nitrogens with zero attached hydrogens (tertiary/aromatic N) is 1. The van der Waals surface area contributed by atoms with Crippen LogP contribution in [0.15, 0.2) is 54.6 Å². The highest BCUT2D eigenvalue weighted by Crippen LogP contribution is 2.31. The Hall–Kier alpha value is -2.46. The van der Waals surface area contributed by atoms with E-state index in [4.69, 9.17) is 0 Å². The Morgan fingerprint density at radius 1 is 1.08 bits per heavy atom. The summed E-state index contributed by atoms with van der Waals surface area (Å²) < 4.78 is 0.